The van der Waals surface area contributed by atoms with Crippen molar-refractivity contribution in [3.8, 4) is 0 Å². The van der Waals surface area contributed by atoms with E-state index in [4.69, 9.17) is 63.8 Å². The molecule has 0 amide bonds. The van der Waals surface area contributed by atoms with Gasteiger partial charge in [-0.3, -0.25) is 9.13 Å². The number of hydrogen-bond donors (Lipinski definition) is 12. The molecule has 21 heteroatoms. The third-order valence-corrected chi connectivity index (χ3v) is 5.53. The Morgan fingerprint density at radius 2 is 0.880 bits per heavy atom. The van der Waals surface area contributed by atoms with Crippen LogP contribution in [0.5, 0.6) is 0 Å². The number of rotatable bonds is 5. The number of hydrogen-bond acceptors (Lipinski definition) is 6. The van der Waals surface area contributed by atoms with Crippen molar-refractivity contribution < 1.29 is 72.3 Å². The van der Waals surface area contributed by atoms with E-state index in [0.29, 0.717) is 0 Å². The van der Waals surface area contributed by atoms with Crippen molar-refractivity contribution in [1.29, 1.82) is 0 Å². The van der Waals surface area contributed by atoms with Crippen LogP contribution in [0.1, 0.15) is 12.8 Å². The second-order valence-electron chi connectivity index (χ2n) is 3.78. The molecule has 13 N–H and O–H groups in total. The van der Waals surface area contributed by atoms with Gasteiger partial charge in [-0.2, -0.15) is 0 Å². The normalized spacial score (nSPS) is 12.8. The van der Waals surface area contributed by atoms with Crippen molar-refractivity contribution in [2.24, 2.45) is 5.73 Å². The molecule has 0 bridgehead atoms. The first-order valence-corrected chi connectivity index (χ1v) is 11.5. The van der Waals surface area contributed by atoms with Crippen molar-refractivity contribution >= 4 is 60.4 Å². The molecule has 0 heterocycles. The fourth-order valence-corrected chi connectivity index (χ4v) is 3.06. The molecule has 0 aromatic heterocycles. The van der Waals surface area contributed by atoms with E-state index in [9.17, 15) is 14.2 Å². The number of phosphoric acid groups is 2. The van der Waals surface area contributed by atoms with E-state index in [0.717, 1.165) is 0 Å². The molecule has 0 unspecified atom stereocenters. The zero-order chi connectivity index (χ0) is 20.6. The summed E-state index contributed by atoms with van der Waals surface area (Å²) in [5.41, 5.74) is 5.01. The quantitative estimate of drug-likeness (QED) is 0.136. The third-order valence-electron chi connectivity index (χ3n) is 1.65. The fraction of sp³-hybridized carbons (Fsp3) is 1.00. The summed E-state index contributed by atoms with van der Waals surface area (Å²) in [6.07, 6.45) is -0.856. The number of nitrogens with two attached hydrogens (primary N) is 1. The van der Waals surface area contributed by atoms with Gasteiger partial charge >= 0.3 is 60.4 Å². The van der Waals surface area contributed by atoms with Crippen LogP contribution in [0.3, 0.4) is 0 Å². The Morgan fingerprint density at radius 3 is 1.00 bits per heavy atom. The summed E-state index contributed by atoms with van der Waals surface area (Å²) in [6.45, 7) is -0.0394. The molecule has 0 rings (SSSR count). The molecule has 25 heavy (non-hydrogen) atoms. The van der Waals surface area contributed by atoms with E-state index in [1.54, 1.807) is 0 Å². The Kier molecular flexibility index (Phi) is 17.4. The van der Waals surface area contributed by atoms with Gasteiger partial charge in [0.05, 0.1) is 0 Å². The van der Waals surface area contributed by atoms with Crippen molar-refractivity contribution in [1.82, 2.24) is 0 Å². The minimum atomic E-state index is -5.30. The SMILES string of the molecule is NCCCC(O)(P(=O)(O)O)P(=O)(O)O.O=P(O)(O)O.O=P(O)(O)O.[NaH]. The van der Waals surface area contributed by atoms with Gasteiger partial charge in [-0.15, -0.1) is 0 Å². The summed E-state index contributed by atoms with van der Waals surface area (Å²) < 4.78 is 39.2. The van der Waals surface area contributed by atoms with Gasteiger partial charge in [0.1, 0.15) is 0 Å². The van der Waals surface area contributed by atoms with Gasteiger partial charge in [-0.1, -0.05) is 0 Å². The Balaban J connectivity index is -0.000000166. The molecular formula is C4H20NNaO15P4. The van der Waals surface area contributed by atoms with Crippen molar-refractivity contribution in [2.75, 3.05) is 6.54 Å². The predicted molar refractivity (Wildman–Crippen MR) is 83.0 cm³/mol. The van der Waals surface area contributed by atoms with Crippen LogP contribution in [-0.2, 0) is 18.3 Å². The summed E-state index contributed by atoms with van der Waals surface area (Å²) in [7, 11) is -19.9. The van der Waals surface area contributed by atoms with Crippen LogP contribution in [0.4, 0.5) is 0 Å². The van der Waals surface area contributed by atoms with Crippen LogP contribution in [-0.4, -0.2) is 95.2 Å². The van der Waals surface area contributed by atoms with E-state index < -0.39 is 42.3 Å². The molecule has 0 aliphatic rings. The van der Waals surface area contributed by atoms with Crippen LogP contribution in [0.15, 0.2) is 0 Å². The Labute approximate surface area is 162 Å². The molecule has 0 saturated heterocycles. The number of aliphatic hydroxyl groups is 1. The van der Waals surface area contributed by atoms with Gasteiger partial charge < -0.3 is 59.8 Å². The average molecular weight is 469 g/mol. The van der Waals surface area contributed by atoms with Gasteiger partial charge in [0.15, 0.2) is 0 Å². The molecule has 0 aromatic rings. The minimum absolute atomic E-state index is 0. The van der Waals surface area contributed by atoms with Gasteiger partial charge in [0, 0.05) is 6.42 Å². The standard InChI is InChI=1S/C4H13NO7P2.Na.2H3O4P.H/c5-3-1-2-4(6,13(7,8)9)14(10,11)12;;2*1-5(2,3)4;/h6H,1-3,5H2,(H2,7,8,9)(H2,10,11,12);;2*(H3,1,2,3,4);. The molecule has 0 saturated carbocycles. The maximum atomic E-state index is 10.7. The molecular weight excluding hydrogens is 449 g/mol. The average Bonchev–Trinajstić information content (AvgIpc) is 2.17. The van der Waals surface area contributed by atoms with Gasteiger partial charge in [-0.05, 0) is 13.0 Å². The molecule has 0 aliphatic heterocycles. The zero-order valence-corrected chi connectivity index (χ0v) is 15.1. The second kappa shape index (κ2) is 12.8. The van der Waals surface area contributed by atoms with Crippen LogP contribution < -0.4 is 5.73 Å². The molecule has 0 fully saturated rings. The van der Waals surface area contributed by atoms with E-state index in [1.807, 2.05) is 0 Å². The first kappa shape index (κ1) is 34.0. The Hall–Kier alpha value is 1.44. The van der Waals surface area contributed by atoms with Gasteiger partial charge in [-0.25, -0.2) is 9.13 Å². The Bertz CT molecular complexity index is 483. The van der Waals surface area contributed by atoms with E-state index >= 15 is 0 Å². The molecule has 0 spiro atoms. The third kappa shape index (κ3) is 23.4. The maximum absolute atomic E-state index is 10.7. The topological polar surface area (TPSA) is 317 Å². The zero-order valence-electron chi connectivity index (χ0n) is 11.5. The molecule has 16 nitrogen and oxygen atoms in total. The van der Waals surface area contributed by atoms with E-state index in [-0.39, 0.29) is 42.5 Å². The van der Waals surface area contributed by atoms with E-state index in [2.05, 4.69) is 0 Å². The first-order chi connectivity index (χ1) is 10.1. The molecule has 0 aliphatic carbocycles. The first-order valence-electron chi connectivity index (χ1n) is 5.16. The monoisotopic (exact) mass is 469 g/mol. The summed E-state index contributed by atoms with van der Waals surface area (Å²) in [6, 6.07) is 0. The van der Waals surface area contributed by atoms with Gasteiger partial charge in [0.2, 0.25) is 0 Å². The second-order valence-corrected chi connectivity index (χ2v) is 9.84. The molecule has 0 aromatic carbocycles. The summed E-state index contributed by atoms with van der Waals surface area (Å²) in [5, 5.41) is 5.91. The predicted octanol–water partition coefficient (Wildman–Crippen LogP) is -3.78. The van der Waals surface area contributed by atoms with Crippen LogP contribution in [0, 0.1) is 0 Å². The van der Waals surface area contributed by atoms with Crippen LogP contribution in [0.2, 0.25) is 0 Å². The fourth-order valence-electron chi connectivity index (χ4n) is 0.800. The van der Waals surface area contributed by atoms with Gasteiger partial charge in [0.25, 0.3) is 5.08 Å². The summed E-state index contributed by atoms with van der Waals surface area (Å²) in [4.78, 5) is 77.6. The Morgan fingerprint density at radius 1 is 0.680 bits per heavy atom. The van der Waals surface area contributed by atoms with Crippen LogP contribution >= 0.6 is 30.8 Å². The van der Waals surface area contributed by atoms with Crippen LogP contribution in [0.25, 0.3) is 0 Å². The molecule has 152 valence electrons. The van der Waals surface area contributed by atoms with Crippen molar-refractivity contribution in [3.63, 3.8) is 0 Å². The van der Waals surface area contributed by atoms with E-state index in [1.165, 1.54) is 0 Å². The summed E-state index contributed by atoms with van der Waals surface area (Å²) in [5.74, 6) is 0. The van der Waals surface area contributed by atoms with Crippen molar-refractivity contribution in [3.05, 3.63) is 0 Å². The molecule has 0 radical (unpaired) electrons. The van der Waals surface area contributed by atoms with Crippen molar-refractivity contribution in [2.45, 2.75) is 17.9 Å². The molecule has 0 atom stereocenters. The summed E-state index contributed by atoms with van der Waals surface area (Å²) >= 11 is 0.